The Morgan fingerprint density at radius 3 is 2.59 bits per heavy atom. The van der Waals surface area contributed by atoms with Crippen LogP contribution in [0.1, 0.15) is 11.3 Å². The fraction of sp³-hybridized carbons (Fsp3) is 0.105. The van der Waals surface area contributed by atoms with Crippen LogP contribution in [0.2, 0.25) is 5.15 Å². The van der Waals surface area contributed by atoms with Crippen molar-refractivity contribution in [2.45, 2.75) is 13.1 Å². The molecule has 0 radical (unpaired) electrons. The standard InChI is InChI=1S/C19H13ClFN5O3/c20-17-8-3-12-9-25(10-15(12)22-17)19(27)24-18-16(26(28)29)7-6-14(23-18)11-1-4-13(21)5-2-11/h1-8H,9-10H2,(H,23,24,27). The van der Waals surface area contributed by atoms with Gasteiger partial charge in [-0.3, -0.25) is 15.4 Å². The maximum atomic E-state index is 13.1. The van der Waals surface area contributed by atoms with E-state index in [9.17, 15) is 19.3 Å². The van der Waals surface area contributed by atoms with Crippen LogP contribution in [-0.2, 0) is 13.1 Å². The second kappa shape index (κ2) is 7.44. The van der Waals surface area contributed by atoms with Gasteiger partial charge in [-0.25, -0.2) is 19.2 Å². The van der Waals surface area contributed by atoms with Gasteiger partial charge in [-0.1, -0.05) is 17.7 Å². The number of fused-ring (bicyclic) bond motifs is 1. The van der Waals surface area contributed by atoms with E-state index in [1.54, 1.807) is 12.1 Å². The number of pyridine rings is 2. The van der Waals surface area contributed by atoms with Gasteiger partial charge in [0, 0.05) is 18.2 Å². The molecule has 146 valence electrons. The number of nitro groups is 1. The lowest BCUT2D eigenvalue weighted by Crippen LogP contribution is -2.31. The Morgan fingerprint density at radius 1 is 1.10 bits per heavy atom. The molecule has 0 atom stereocenters. The number of hydrogen-bond acceptors (Lipinski definition) is 5. The van der Waals surface area contributed by atoms with Crippen LogP contribution in [-0.4, -0.2) is 25.8 Å². The average Bonchev–Trinajstić information content (AvgIpc) is 3.11. The predicted molar refractivity (Wildman–Crippen MR) is 104 cm³/mol. The largest absolute Gasteiger partial charge is 0.323 e. The van der Waals surface area contributed by atoms with E-state index in [4.69, 9.17) is 11.6 Å². The van der Waals surface area contributed by atoms with Gasteiger partial charge in [0.05, 0.1) is 22.9 Å². The molecule has 8 nitrogen and oxygen atoms in total. The molecule has 1 aromatic carbocycles. The SMILES string of the molecule is O=C(Nc1nc(-c2ccc(F)cc2)ccc1[N+](=O)[O-])N1Cc2ccc(Cl)nc2C1. The predicted octanol–water partition coefficient (Wildman–Crippen LogP) is 4.39. The van der Waals surface area contributed by atoms with E-state index in [-0.39, 0.29) is 18.1 Å². The van der Waals surface area contributed by atoms with E-state index in [1.807, 2.05) is 0 Å². The normalized spacial score (nSPS) is 12.6. The topological polar surface area (TPSA) is 101 Å². The first-order chi connectivity index (χ1) is 13.9. The summed E-state index contributed by atoms with van der Waals surface area (Å²) in [6.45, 7) is 0.532. The van der Waals surface area contributed by atoms with Gasteiger partial charge in [0.1, 0.15) is 11.0 Å². The van der Waals surface area contributed by atoms with E-state index < -0.39 is 16.8 Å². The van der Waals surface area contributed by atoms with Crippen molar-refractivity contribution < 1.29 is 14.1 Å². The second-order valence-corrected chi connectivity index (χ2v) is 6.74. The number of aromatic nitrogens is 2. The van der Waals surface area contributed by atoms with Crippen molar-refractivity contribution in [3.8, 4) is 11.3 Å². The minimum Gasteiger partial charge on any atom is -0.314 e. The molecule has 0 saturated heterocycles. The number of nitrogens with one attached hydrogen (secondary N) is 1. The number of benzene rings is 1. The molecule has 0 spiro atoms. The molecule has 3 aromatic rings. The number of urea groups is 1. The summed E-state index contributed by atoms with van der Waals surface area (Å²) in [7, 11) is 0. The third kappa shape index (κ3) is 3.85. The zero-order chi connectivity index (χ0) is 20.5. The molecule has 4 rings (SSSR count). The van der Waals surface area contributed by atoms with E-state index >= 15 is 0 Å². The molecule has 29 heavy (non-hydrogen) atoms. The number of carbonyl (C=O) groups excluding carboxylic acids is 1. The van der Waals surface area contributed by atoms with E-state index in [1.165, 1.54) is 41.3 Å². The fourth-order valence-corrected chi connectivity index (χ4v) is 3.19. The number of hydrogen-bond donors (Lipinski definition) is 1. The van der Waals surface area contributed by atoms with Gasteiger partial charge in [-0.15, -0.1) is 0 Å². The summed E-state index contributed by atoms with van der Waals surface area (Å²) in [4.78, 5) is 33.3. The van der Waals surface area contributed by atoms with Crippen LogP contribution in [0, 0.1) is 15.9 Å². The van der Waals surface area contributed by atoms with Crippen LogP contribution in [0.25, 0.3) is 11.3 Å². The van der Waals surface area contributed by atoms with Crippen molar-refractivity contribution in [1.29, 1.82) is 0 Å². The number of anilines is 1. The quantitative estimate of drug-likeness (QED) is 0.389. The molecule has 2 amide bonds. The number of nitrogens with zero attached hydrogens (tertiary/aromatic N) is 4. The molecule has 2 aromatic heterocycles. The molecule has 0 fully saturated rings. The summed E-state index contributed by atoms with van der Waals surface area (Å²) < 4.78 is 13.1. The number of rotatable bonds is 3. The Labute approximate surface area is 169 Å². The van der Waals surface area contributed by atoms with Crippen LogP contribution in [0.4, 0.5) is 20.7 Å². The first kappa shape index (κ1) is 18.8. The number of amides is 2. The Morgan fingerprint density at radius 2 is 1.86 bits per heavy atom. The highest BCUT2D eigenvalue weighted by Crippen LogP contribution is 2.29. The first-order valence-corrected chi connectivity index (χ1v) is 8.90. The van der Waals surface area contributed by atoms with Gasteiger partial charge < -0.3 is 4.90 Å². The van der Waals surface area contributed by atoms with Crippen molar-refractivity contribution in [2.24, 2.45) is 0 Å². The first-order valence-electron chi connectivity index (χ1n) is 8.52. The van der Waals surface area contributed by atoms with E-state index in [0.717, 1.165) is 5.56 Å². The zero-order valence-electron chi connectivity index (χ0n) is 14.8. The lowest BCUT2D eigenvalue weighted by molar-refractivity contribution is -0.384. The molecule has 0 aliphatic carbocycles. The lowest BCUT2D eigenvalue weighted by atomic mass is 10.1. The van der Waals surface area contributed by atoms with Crippen LogP contribution in [0.3, 0.4) is 0 Å². The maximum absolute atomic E-state index is 13.1. The zero-order valence-corrected chi connectivity index (χ0v) is 15.6. The fourth-order valence-electron chi connectivity index (χ4n) is 3.02. The smallest absolute Gasteiger partial charge is 0.314 e. The van der Waals surface area contributed by atoms with Gasteiger partial charge in [0.25, 0.3) is 0 Å². The molecule has 0 saturated carbocycles. The molecule has 10 heteroatoms. The highest BCUT2D eigenvalue weighted by Gasteiger charge is 2.27. The van der Waals surface area contributed by atoms with Gasteiger partial charge in [-0.2, -0.15) is 0 Å². The van der Waals surface area contributed by atoms with Crippen LogP contribution >= 0.6 is 11.6 Å². The van der Waals surface area contributed by atoms with Crippen LogP contribution in [0.5, 0.6) is 0 Å². The highest BCUT2D eigenvalue weighted by molar-refractivity contribution is 6.29. The number of halogens is 2. The highest BCUT2D eigenvalue weighted by atomic mass is 35.5. The third-order valence-electron chi connectivity index (χ3n) is 4.46. The summed E-state index contributed by atoms with van der Waals surface area (Å²) in [6.07, 6.45) is 0. The van der Waals surface area contributed by atoms with Gasteiger partial charge in [0.15, 0.2) is 0 Å². The molecule has 1 N–H and O–H groups in total. The van der Waals surface area contributed by atoms with Gasteiger partial charge in [0.2, 0.25) is 5.82 Å². The minimum absolute atomic E-state index is 0.191. The minimum atomic E-state index is -0.628. The molecular formula is C19H13ClFN5O3. The van der Waals surface area contributed by atoms with E-state index in [2.05, 4.69) is 15.3 Å². The molecule has 1 aliphatic rings. The van der Waals surface area contributed by atoms with Crippen LogP contribution < -0.4 is 5.32 Å². The lowest BCUT2D eigenvalue weighted by Gasteiger charge is -2.16. The third-order valence-corrected chi connectivity index (χ3v) is 4.67. The molecule has 0 unspecified atom stereocenters. The molecular weight excluding hydrogens is 401 g/mol. The Balaban J connectivity index is 1.60. The Hall–Kier alpha value is -3.59. The second-order valence-electron chi connectivity index (χ2n) is 6.35. The average molecular weight is 414 g/mol. The summed E-state index contributed by atoms with van der Waals surface area (Å²) in [5.41, 5.74) is 2.11. The molecule has 0 bridgehead atoms. The summed E-state index contributed by atoms with van der Waals surface area (Å²) in [5, 5.41) is 14.2. The molecule has 1 aliphatic heterocycles. The van der Waals surface area contributed by atoms with E-state index in [0.29, 0.717) is 28.6 Å². The Bertz CT molecular complexity index is 1120. The van der Waals surface area contributed by atoms with Crippen molar-refractivity contribution >= 4 is 29.1 Å². The van der Waals surface area contributed by atoms with Gasteiger partial charge in [-0.05, 0) is 42.0 Å². The van der Waals surface area contributed by atoms with Crippen molar-refractivity contribution in [2.75, 3.05) is 5.32 Å². The Kier molecular flexibility index (Phi) is 4.81. The monoisotopic (exact) mass is 413 g/mol. The van der Waals surface area contributed by atoms with Gasteiger partial charge >= 0.3 is 11.7 Å². The number of carbonyl (C=O) groups is 1. The summed E-state index contributed by atoms with van der Waals surface area (Å²) in [6, 6.07) is 11.1. The molecule has 3 heterocycles. The summed E-state index contributed by atoms with van der Waals surface area (Å²) in [5.74, 6) is -0.602. The maximum Gasteiger partial charge on any atom is 0.323 e. The van der Waals surface area contributed by atoms with Crippen LogP contribution in [0.15, 0.2) is 48.5 Å². The van der Waals surface area contributed by atoms with Crippen molar-refractivity contribution in [3.05, 3.63) is 80.9 Å². The van der Waals surface area contributed by atoms with Crippen molar-refractivity contribution in [1.82, 2.24) is 14.9 Å². The summed E-state index contributed by atoms with van der Waals surface area (Å²) >= 11 is 5.88. The van der Waals surface area contributed by atoms with Crippen molar-refractivity contribution in [3.63, 3.8) is 0 Å².